The molecule has 0 bridgehead atoms. The minimum atomic E-state index is 0.132. The van der Waals surface area contributed by atoms with Gasteiger partial charge in [0.15, 0.2) is 0 Å². The van der Waals surface area contributed by atoms with Crippen molar-refractivity contribution in [2.45, 2.75) is 25.7 Å². The van der Waals surface area contributed by atoms with E-state index >= 15 is 0 Å². The third-order valence-electron chi connectivity index (χ3n) is 3.18. The van der Waals surface area contributed by atoms with E-state index in [9.17, 15) is 4.79 Å². The zero-order valence-electron chi connectivity index (χ0n) is 10.4. The van der Waals surface area contributed by atoms with Gasteiger partial charge < -0.3 is 10.6 Å². The van der Waals surface area contributed by atoms with E-state index in [0.29, 0.717) is 25.9 Å². The molecule has 0 fully saturated rings. The second kappa shape index (κ2) is 5.65. The first kappa shape index (κ1) is 12.6. The van der Waals surface area contributed by atoms with Gasteiger partial charge in [0.05, 0.1) is 12.5 Å². The number of nitriles is 1. The van der Waals surface area contributed by atoms with Crippen molar-refractivity contribution in [3.8, 4) is 6.07 Å². The summed E-state index contributed by atoms with van der Waals surface area (Å²) >= 11 is 0. The van der Waals surface area contributed by atoms with Crippen LogP contribution in [0.3, 0.4) is 0 Å². The molecule has 0 unspecified atom stereocenters. The predicted molar refractivity (Wildman–Crippen MR) is 70.1 cm³/mol. The number of benzene rings is 1. The molecule has 1 amide bonds. The Kier molecular flexibility index (Phi) is 3.96. The average Bonchev–Trinajstić information content (AvgIpc) is 2.66. The lowest BCUT2D eigenvalue weighted by Crippen LogP contribution is -2.27. The third kappa shape index (κ3) is 2.52. The van der Waals surface area contributed by atoms with Gasteiger partial charge >= 0.3 is 0 Å². The molecular formula is C14H17N3O. The van der Waals surface area contributed by atoms with Crippen LogP contribution in [0.2, 0.25) is 0 Å². The highest BCUT2D eigenvalue weighted by Gasteiger charge is 2.26. The van der Waals surface area contributed by atoms with Gasteiger partial charge in [-0.1, -0.05) is 12.1 Å². The highest BCUT2D eigenvalue weighted by atomic mass is 16.2. The molecule has 0 saturated heterocycles. The fourth-order valence-electron chi connectivity index (χ4n) is 2.32. The Morgan fingerprint density at radius 1 is 1.44 bits per heavy atom. The van der Waals surface area contributed by atoms with Gasteiger partial charge in [-0.3, -0.25) is 4.79 Å². The number of amides is 1. The second-order valence-electron chi connectivity index (χ2n) is 4.49. The lowest BCUT2D eigenvalue weighted by atomic mass is 10.1. The summed E-state index contributed by atoms with van der Waals surface area (Å²) in [5.74, 6) is 0.132. The number of nitrogens with zero attached hydrogens (tertiary/aromatic N) is 2. The Bertz CT molecular complexity index is 490. The molecule has 1 heterocycles. The second-order valence-corrected chi connectivity index (χ2v) is 4.49. The van der Waals surface area contributed by atoms with Gasteiger partial charge in [0.1, 0.15) is 0 Å². The van der Waals surface area contributed by atoms with Crippen molar-refractivity contribution < 1.29 is 4.79 Å². The number of unbranched alkanes of at least 4 members (excludes halogenated alkanes) is 1. The zero-order chi connectivity index (χ0) is 13.0. The number of rotatable bonds is 5. The largest absolute Gasteiger partial charge is 0.330 e. The first-order chi connectivity index (χ1) is 8.76. The average molecular weight is 243 g/mol. The van der Waals surface area contributed by atoms with Gasteiger partial charge in [-0.15, -0.1) is 0 Å². The van der Waals surface area contributed by atoms with Crippen molar-refractivity contribution in [3.05, 3.63) is 29.3 Å². The van der Waals surface area contributed by atoms with E-state index < -0.39 is 0 Å². The van der Waals surface area contributed by atoms with Crippen molar-refractivity contribution in [2.24, 2.45) is 5.73 Å². The standard InChI is InChI=1S/C14H17N3O/c15-6-1-2-8-17-13-4-3-11(5-7-16)9-12(13)10-14(17)18/h3-4,9H,1-2,5,7-8,10,16H2. The van der Waals surface area contributed by atoms with Gasteiger partial charge in [-0.2, -0.15) is 5.26 Å². The molecule has 4 heteroatoms. The molecule has 0 saturated carbocycles. The van der Waals surface area contributed by atoms with Crippen molar-refractivity contribution in [1.29, 1.82) is 5.26 Å². The molecular weight excluding hydrogens is 226 g/mol. The Balaban J connectivity index is 2.14. The molecule has 1 aromatic carbocycles. The van der Waals surface area contributed by atoms with E-state index in [4.69, 9.17) is 11.0 Å². The lowest BCUT2D eigenvalue weighted by molar-refractivity contribution is -0.117. The van der Waals surface area contributed by atoms with E-state index in [1.807, 2.05) is 12.1 Å². The fourth-order valence-corrected chi connectivity index (χ4v) is 2.32. The summed E-state index contributed by atoms with van der Waals surface area (Å²) in [5.41, 5.74) is 8.80. The number of carbonyl (C=O) groups excluding carboxylic acids is 1. The number of carbonyl (C=O) groups is 1. The number of anilines is 1. The Morgan fingerprint density at radius 3 is 3.00 bits per heavy atom. The number of hydrogen-bond acceptors (Lipinski definition) is 3. The summed E-state index contributed by atoms with van der Waals surface area (Å²) in [6, 6.07) is 8.21. The maximum absolute atomic E-state index is 11.9. The SMILES string of the molecule is N#CCCCN1C(=O)Cc2cc(CCN)ccc21. The Morgan fingerprint density at radius 2 is 2.28 bits per heavy atom. The molecule has 0 aliphatic carbocycles. The quantitative estimate of drug-likeness (QED) is 0.794. The molecule has 0 atom stereocenters. The minimum absolute atomic E-state index is 0.132. The van der Waals surface area contributed by atoms with Crippen LogP contribution in [0, 0.1) is 11.3 Å². The molecule has 2 N–H and O–H groups in total. The van der Waals surface area contributed by atoms with E-state index in [0.717, 1.165) is 24.1 Å². The summed E-state index contributed by atoms with van der Waals surface area (Å²) < 4.78 is 0. The molecule has 18 heavy (non-hydrogen) atoms. The Hall–Kier alpha value is -1.86. The lowest BCUT2D eigenvalue weighted by Gasteiger charge is -2.16. The van der Waals surface area contributed by atoms with Crippen molar-refractivity contribution in [1.82, 2.24) is 0 Å². The van der Waals surface area contributed by atoms with Crippen LogP contribution in [-0.4, -0.2) is 19.0 Å². The summed E-state index contributed by atoms with van der Waals surface area (Å²) in [5, 5.41) is 8.53. The highest BCUT2D eigenvalue weighted by Crippen LogP contribution is 2.30. The van der Waals surface area contributed by atoms with Gasteiger partial charge in [-0.05, 0) is 36.6 Å². The van der Waals surface area contributed by atoms with Gasteiger partial charge in [0.2, 0.25) is 5.91 Å². The van der Waals surface area contributed by atoms with Gasteiger partial charge in [0.25, 0.3) is 0 Å². The van der Waals surface area contributed by atoms with Crippen molar-refractivity contribution in [2.75, 3.05) is 18.0 Å². The molecule has 1 aliphatic rings. The third-order valence-corrected chi connectivity index (χ3v) is 3.18. The van der Waals surface area contributed by atoms with Crippen molar-refractivity contribution >= 4 is 11.6 Å². The molecule has 0 aromatic heterocycles. The van der Waals surface area contributed by atoms with E-state index in [1.54, 1.807) is 4.90 Å². The number of hydrogen-bond donors (Lipinski definition) is 1. The first-order valence-corrected chi connectivity index (χ1v) is 6.25. The van der Waals surface area contributed by atoms with E-state index in [-0.39, 0.29) is 5.91 Å². The van der Waals surface area contributed by atoms with Gasteiger partial charge in [0, 0.05) is 18.7 Å². The molecule has 1 aromatic rings. The molecule has 0 spiro atoms. The van der Waals surface area contributed by atoms with Crippen LogP contribution in [0.4, 0.5) is 5.69 Å². The van der Waals surface area contributed by atoms with Crippen LogP contribution in [-0.2, 0) is 17.6 Å². The van der Waals surface area contributed by atoms with Crippen LogP contribution in [0.5, 0.6) is 0 Å². The normalized spacial score (nSPS) is 13.6. The summed E-state index contributed by atoms with van der Waals surface area (Å²) in [7, 11) is 0. The summed E-state index contributed by atoms with van der Waals surface area (Å²) in [6.07, 6.45) is 2.53. The van der Waals surface area contributed by atoms with Crippen molar-refractivity contribution in [3.63, 3.8) is 0 Å². The van der Waals surface area contributed by atoms with Gasteiger partial charge in [-0.25, -0.2) is 0 Å². The minimum Gasteiger partial charge on any atom is -0.330 e. The van der Waals surface area contributed by atoms with Crippen LogP contribution in [0.25, 0.3) is 0 Å². The first-order valence-electron chi connectivity index (χ1n) is 6.25. The van der Waals surface area contributed by atoms with Crippen LogP contribution in [0.15, 0.2) is 18.2 Å². The molecule has 4 nitrogen and oxygen atoms in total. The maximum Gasteiger partial charge on any atom is 0.231 e. The fraction of sp³-hybridized carbons (Fsp3) is 0.429. The molecule has 2 rings (SSSR count). The predicted octanol–water partition coefficient (Wildman–Crippen LogP) is 1.38. The van der Waals surface area contributed by atoms with Crippen LogP contribution in [0.1, 0.15) is 24.0 Å². The molecule has 0 radical (unpaired) electrons. The summed E-state index contributed by atoms with van der Waals surface area (Å²) in [4.78, 5) is 13.7. The van der Waals surface area contributed by atoms with E-state index in [2.05, 4.69) is 12.1 Å². The van der Waals surface area contributed by atoms with E-state index in [1.165, 1.54) is 5.56 Å². The zero-order valence-corrected chi connectivity index (χ0v) is 10.4. The Labute approximate surface area is 107 Å². The number of fused-ring (bicyclic) bond motifs is 1. The van der Waals surface area contributed by atoms with Crippen LogP contribution >= 0.6 is 0 Å². The highest BCUT2D eigenvalue weighted by molar-refractivity contribution is 6.01. The number of nitrogens with two attached hydrogens (primary N) is 1. The topological polar surface area (TPSA) is 70.1 Å². The molecule has 1 aliphatic heterocycles. The summed E-state index contributed by atoms with van der Waals surface area (Å²) in [6.45, 7) is 1.26. The monoisotopic (exact) mass is 243 g/mol. The smallest absolute Gasteiger partial charge is 0.231 e. The maximum atomic E-state index is 11.9. The molecule has 94 valence electrons. The van der Waals surface area contributed by atoms with Crippen LogP contribution < -0.4 is 10.6 Å².